The van der Waals surface area contributed by atoms with E-state index in [9.17, 15) is 14.4 Å². The van der Waals surface area contributed by atoms with Gasteiger partial charge in [0.2, 0.25) is 5.91 Å². The fourth-order valence-corrected chi connectivity index (χ4v) is 2.86. The first kappa shape index (κ1) is 17.9. The molecular weight excluding hydrogens is 354 g/mol. The Morgan fingerprint density at radius 3 is 2.54 bits per heavy atom. The van der Waals surface area contributed by atoms with Crippen LogP contribution in [-0.2, 0) is 11.3 Å². The predicted octanol–water partition coefficient (Wildman–Crippen LogP) is 2.76. The third kappa shape index (κ3) is 4.21. The lowest BCUT2D eigenvalue weighted by Gasteiger charge is -2.06. The van der Waals surface area contributed by atoms with Crippen molar-refractivity contribution in [2.45, 2.75) is 19.4 Å². The Bertz CT molecular complexity index is 989. The number of fused-ring (bicyclic) bond motifs is 1. The molecule has 7 heteroatoms. The van der Waals surface area contributed by atoms with Crippen molar-refractivity contribution >= 4 is 34.3 Å². The summed E-state index contributed by atoms with van der Waals surface area (Å²) in [4.78, 5) is 38.7. The van der Waals surface area contributed by atoms with Crippen molar-refractivity contribution in [1.29, 1.82) is 0 Å². The van der Waals surface area contributed by atoms with Gasteiger partial charge in [-0.3, -0.25) is 14.2 Å². The van der Waals surface area contributed by atoms with Gasteiger partial charge in [0.1, 0.15) is 0 Å². The Labute approximate surface area is 154 Å². The molecule has 26 heavy (non-hydrogen) atoms. The van der Waals surface area contributed by atoms with Crippen LogP contribution in [0, 0.1) is 0 Å². The van der Waals surface area contributed by atoms with E-state index in [1.807, 2.05) is 24.3 Å². The summed E-state index contributed by atoms with van der Waals surface area (Å²) in [6, 6.07) is 14.0. The van der Waals surface area contributed by atoms with Gasteiger partial charge in [-0.25, -0.2) is 4.79 Å². The largest absolute Gasteiger partial charge is 0.354 e. The van der Waals surface area contributed by atoms with E-state index in [-0.39, 0.29) is 30.2 Å². The second-order valence-corrected chi connectivity index (χ2v) is 6.32. The highest BCUT2D eigenvalue weighted by Gasteiger charge is 2.10. The molecule has 0 atom stereocenters. The normalized spacial score (nSPS) is 10.8. The van der Waals surface area contributed by atoms with Gasteiger partial charge in [0.05, 0.1) is 11.0 Å². The summed E-state index contributed by atoms with van der Waals surface area (Å²) in [5.74, 6) is -0.329. The molecule has 0 aliphatic heterocycles. The lowest BCUT2D eigenvalue weighted by atomic mass is 10.1. The van der Waals surface area contributed by atoms with Gasteiger partial charge in [-0.05, 0) is 36.4 Å². The Hall–Kier alpha value is -2.86. The zero-order chi connectivity index (χ0) is 18.5. The number of benzene rings is 2. The smallest absolute Gasteiger partial charge is 0.326 e. The number of para-hydroxylation sites is 2. The number of hydrogen-bond donors (Lipinski definition) is 2. The summed E-state index contributed by atoms with van der Waals surface area (Å²) in [5, 5.41) is 3.30. The van der Waals surface area contributed by atoms with E-state index in [1.165, 1.54) is 0 Å². The molecule has 3 aromatic rings. The zero-order valence-corrected chi connectivity index (χ0v) is 14.8. The zero-order valence-electron chi connectivity index (χ0n) is 14.0. The molecule has 2 N–H and O–H groups in total. The molecule has 0 radical (unpaired) electrons. The number of aromatic nitrogens is 2. The molecule has 0 saturated carbocycles. The number of nitrogens with zero attached hydrogens (tertiary/aromatic N) is 1. The van der Waals surface area contributed by atoms with Crippen LogP contribution < -0.4 is 11.0 Å². The quantitative estimate of drug-likeness (QED) is 0.626. The average Bonchev–Trinajstić information content (AvgIpc) is 2.96. The Balaban J connectivity index is 1.48. The maximum absolute atomic E-state index is 12.0. The Kier molecular flexibility index (Phi) is 5.53. The molecule has 2 aromatic carbocycles. The SMILES string of the molecule is O=C(CCC(=O)c1ccc(Cl)cc1)NCCn1c(=O)[nH]c2ccccc21. The van der Waals surface area contributed by atoms with Crippen LogP contribution in [0.15, 0.2) is 53.3 Å². The van der Waals surface area contributed by atoms with E-state index < -0.39 is 0 Å². The summed E-state index contributed by atoms with van der Waals surface area (Å²) in [6.45, 7) is 0.676. The Morgan fingerprint density at radius 1 is 1.04 bits per heavy atom. The molecule has 0 bridgehead atoms. The number of H-pyrrole nitrogens is 1. The molecule has 0 saturated heterocycles. The molecule has 3 rings (SSSR count). The first-order chi connectivity index (χ1) is 12.5. The maximum Gasteiger partial charge on any atom is 0.326 e. The topological polar surface area (TPSA) is 84.0 Å². The van der Waals surface area contributed by atoms with Crippen molar-refractivity contribution in [3.8, 4) is 0 Å². The van der Waals surface area contributed by atoms with Crippen LogP contribution in [0.5, 0.6) is 0 Å². The number of aromatic amines is 1. The van der Waals surface area contributed by atoms with E-state index in [2.05, 4.69) is 10.3 Å². The third-order valence-corrected chi connectivity index (χ3v) is 4.34. The van der Waals surface area contributed by atoms with E-state index in [1.54, 1.807) is 28.8 Å². The van der Waals surface area contributed by atoms with Crippen molar-refractivity contribution in [2.75, 3.05) is 6.54 Å². The van der Waals surface area contributed by atoms with Crippen LogP contribution >= 0.6 is 11.6 Å². The maximum atomic E-state index is 12.0. The second-order valence-electron chi connectivity index (χ2n) is 5.88. The minimum Gasteiger partial charge on any atom is -0.354 e. The monoisotopic (exact) mass is 371 g/mol. The molecule has 0 fully saturated rings. The van der Waals surface area contributed by atoms with Gasteiger partial charge in [-0.1, -0.05) is 23.7 Å². The lowest BCUT2D eigenvalue weighted by molar-refractivity contribution is -0.121. The first-order valence-corrected chi connectivity index (χ1v) is 8.65. The molecule has 1 heterocycles. The molecule has 1 aromatic heterocycles. The van der Waals surface area contributed by atoms with Crippen molar-refractivity contribution in [3.63, 3.8) is 0 Å². The first-order valence-electron chi connectivity index (χ1n) is 8.27. The molecule has 0 aliphatic carbocycles. The number of rotatable bonds is 7. The average molecular weight is 372 g/mol. The standard InChI is InChI=1S/C19H18ClN3O3/c20-14-7-5-13(6-8-14)17(24)9-10-18(25)21-11-12-23-16-4-2-1-3-15(16)22-19(23)26/h1-8H,9-12H2,(H,21,25)(H,22,26). The predicted molar refractivity (Wildman–Crippen MR) is 101 cm³/mol. The molecule has 1 amide bonds. The van der Waals surface area contributed by atoms with Crippen LogP contribution in [0.3, 0.4) is 0 Å². The van der Waals surface area contributed by atoms with Gasteiger partial charge in [0, 0.05) is 36.5 Å². The third-order valence-electron chi connectivity index (χ3n) is 4.08. The van der Waals surface area contributed by atoms with Crippen LogP contribution in [0.2, 0.25) is 5.02 Å². The Morgan fingerprint density at radius 2 is 1.77 bits per heavy atom. The van der Waals surface area contributed by atoms with E-state index in [4.69, 9.17) is 11.6 Å². The van der Waals surface area contributed by atoms with Crippen molar-refractivity contribution in [1.82, 2.24) is 14.9 Å². The van der Waals surface area contributed by atoms with Gasteiger partial charge in [-0.2, -0.15) is 0 Å². The number of amides is 1. The second kappa shape index (κ2) is 8.01. The number of halogens is 1. The number of nitrogens with one attached hydrogen (secondary N) is 2. The van der Waals surface area contributed by atoms with Crippen molar-refractivity contribution in [2.24, 2.45) is 0 Å². The minimum atomic E-state index is -0.222. The van der Waals surface area contributed by atoms with E-state index >= 15 is 0 Å². The van der Waals surface area contributed by atoms with Gasteiger partial charge < -0.3 is 10.3 Å². The fourth-order valence-electron chi connectivity index (χ4n) is 2.73. The number of imidazole rings is 1. The van der Waals surface area contributed by atoms with Crippen molar-refractivity contribution in [3.05, 3.63) is 69.6 Å². The van der Waals surface area contributed by atoms with Gasteiger partial charge in [-0.15, -0.1) is 0 Å². The molecule has 134 valence electrons. The number of carbonyl (C=O) groups excluding carboxylic acids is 2. The summed E-state index contributed by atoms with van der Waals surface area (Å²) in [7, 11) is 0. The van der Waals surface area contributed by atoms with Crippen LogP contribution in [0.25, 0.3) is 11.0 Å². The van der Waals surface area contributed by atoms with Crippen molar-refractivity contribution < 1.29 is 9.59 Å². The number of hydrogen-bond acceptors (Lipinski definition) is 3. The fraction of sp³-hybridized carbons (Fsp3) is 0.211. The highest BCUT2D eigenvalue weighted by atomic mass is 35.5. The molecule has 0 spiro atoms. The highest BCUT2D eigenvalue weighted by molar-refractivity contribution is 6.30. The summed E-state index contributed by atoms with van der Waals surface area (Å²) < 4.78 is 1.58. The van der Waals surface area contributed by atoms with Gasteiger partial charge in [0.25, 0.3) is 0 Å². The minimum absolute atomic E-state index is 0.101. The van der Waals surface area contributed by atoms with E-state index in [0.29, 0.717) is 23.7 Å². The number of Topliss-reactive ketones (excluding diaryl/α,β-unsaturated/α-hetero) is 1. The number of ketones is 1. The summed E-state index contributed by atoms with van der Waals surface area (Å²) >= 11 is 5.79. The molecular formula is C19H18ClN3O3. The van der Waals surface area contributed by atoms with E-state index in [0.717, 1.165) is 11.0 Å². The summed E-state index contributed by atoms with van der Waals surface area (Å²) in [5.41, 5.74) is 1.88. The molecule has 0 aliphatic rings. The highest BCUT2D eigenvalue weighted by Crippen LogP contribution is 2.12. The van der Waals surface area contributed by atoms with Crippen LogP contribution in [0.4, 0.5) is 0 Å². The number of carbonyl (C=O) groups is 2. The molecule has 6 nitrogen and oxygen atoms in total. The van der Waals surface area contributed by atoms with Crippen LogP contribution in [-0.4, -0.2) is 27.8 Å². The lowest BCUT2D eigenvalue weighted by Crippen LogP contribution is -2.30. The van der Waals surface area contributed by atoms with Gasteiger partial charge >= 0.3 is 5.69 Å². The van der Waals surface area contributed by atoms with Gasteiger partial charge in [0.15, 0.2) is 5.78 Å². The molecule has 0 unspecified atom stereocenters. The van der Waals surface area contributed by atoms with Crippen LogP contribution in [0.1, 0.15) is 23.2 Å². The summed E-state index contributed by atoms with van der Waals surface area (Å²) in [6.07, 6.45) is 0.227.